The normalized spacial score (nSPS) is 10.6. The van der Waals surface area contributed by atoms with Gasteiger partial charge in [0.25, 0.3) is 0 Å². The van der Waals surface area contributed by atoms with Crippen molar-refractivity contribution < 1.29 is 9.57 Å². The van der Waals surface area contributed by atoms with E-state index in [1.165, 1.54) is 0 Å². The molecule has 0 N–H and O–H groups in total. The van der Waals surface area contributed by atoms with Crippen molar-refractivity contribution in [2.24, 2.45) is 5.16 Å². The zero-order valence-corrected chi connectivity index (χ0v) is 8.73. The van der Waals surface area contributed by atoms with E-state index in [0.29, 0.717) is 12.3 Å². The molecule has 0 heterocycles. The van der Waals surface area contributed by atoms with Crippen LogP contribution in [0, 0.1) is 11.3 Å². The molecule has 1 aromatic rings. The summed E-state index contributed by atoms with van der Waals surface area (Å²) in [5.41, 5.74) is 1.29. The van der Waals surface area contributed by atoms with E-state index in [0.717, 1.165) is 11.3 Å². The summed E-state index contributed by atoms with van der Waals surface area (Å²) in [5.74, 6) is 0.801. The van der Waals surface area contributed by atoms with Crippen molar-refractivity contribution in [2.45, 2.75) is 13.5 Å². The third kappa shape index (κ3) is 3.69. The molecule has 0 aliphatic heterocycles. The van der Waals surface area contributed by atoms with E-state index in [4.69, 9.17) is 14.8 Å². The molecule has 0 aromatic heterocycles. The number of hydrogen-bond acceptors (Lipinski definition) is 4. The minimum atomic E-state index is 0.309. The molecule has 1 aromatic carbocycles. The second kappa shape index (κ2) is 5.66. The molecule has 0 radical (unpaired) electrons. The smallest absolute Gasteiger partial charge is 0.153 e. The van der Waals surface area contributed by atoms with Crippen LogP contribution in [0.1, 0.15) is 12.5 Å². The number of hydrogen-bond donors (Lipinski definition) is 0. The molecule has 4 heteroatoms. The first kappa shape index (κ1) is 11.1. The van der Waals surface area contributed by atoms with Gasteiger partial charge in [-0.05, 0) is 24.6 Å². The Bertz CT molecular complexity index is 377. The lowest BCUT2D eigenvalue weighted by atomic mass is 10.2. The average molecular weight is 204 g/mol. The van der Waals surface area contributed by atoms with Gasteiger partial charge < -0.3 is 9.57 Å². The molecule has 78 valence electrons. The SMILES string of the molecule is COc1ccc(CO/N=C(/C)C#N)cc1. The standard InChI is InChI=1S/C11H12N2O2/c1-9(7-12)13-15-8-10-3-5-11(14-2)6-4-10/h3-6H,8H2,1-2H3/b13-9-. The first-order valence-corrected chi connectivity index (χ1v) is 4.46. The van der Waals surface area contributed by atoms with E-state index in [9.17, 15) is 0 Å². The molecule has 0 fully saturated rings. The van der Waals surface area contributed by atoms with E-state index in [2.05, 4.69) is 5.16 Å². The number of nitrogens with zero attached hydrogens (tertiary/aromatic N) is 2. The largest absolute Gasteiger partial charge is 0.497 e. The summed E-state index contributed by atoms with van der Waals surface area (Å²) in [7, 11) is 1.62. The average Bonchev–Trinajstić information content (AvgIpc) is 2.29. The highest BCUT2D eigenvalue weighted by molar-refractivity contribution is 5.95. The topological polar surface area (TPSA) is 54.6 Å². The summed E-state index contributed by atoms with van der Waals surface area (Å²) in [6.45, 7) is 1.94. The Labute approximate surface area is 88.7 Å². The van der Waals surface area contributed by atoms with Gasteiger partial charge in [0.1, 0.15) is 18.4 Å². The number of ether oxygens (including phenoxy) is 1. The highest BCUT2D eigenvalue weighted by Crippen LogP contribution is 2.11. The van der Waals surface area contributed by atoms with Gasteiger partial charge in [-0.2, -0.15) is 5.26 Å². The molecule has 15 heavy (non-hydrogen) atoms. The quantitative estimate of drug-likeness (QED) is 0.557. The summed E-state index contributed by atoms with van der Waals surface area (Å²) in [6, 6.07) is 9.34. The lowest BCUT2D eigenvalue weighted by molar-refractivity contribution is 0.131. The number of methoxy groups -OCH3 is 1. The Morgan fingerprint density at radius 1 is 1.40 bits per heavy atom. The van der Waals surface area contributed by atoms with Crippen molar-refractivity contribution in [3.8, 4) is 11.8 Å². The Morgan fingerprint density at radius 3 is 2.60 bits per heavy atom. The second-order valence-corrected chi connectivity index (χ2v) is 2.91. The van der Waals surface area contributed by atoms with Gasteiger partial charge in [0.2, 0.25) is 0 Å². The van der Waals surface area contributed by atoms with E-state index < -0.39 is 0 Å². The lowest BCUT2D eigenvalue weighted by Crippen LogP contribution is -1.91. The summed E-state index contributed by atoms with van der Waals surface area (Å²) < 4.78 is 5.02. The maximum absolute atomic E-state index is 8.42. The van der Waals surface area contributed by atoms with Crippen LogP contribution in [-0.4, -0.2) is 12.8 Å². The third-order valence-electron chi connectivity index (χ3n) is 1.75. The van der Waals surface area contributed by atoms with Crippen LogP contribution in [-0.2, 0) is 11.4 Å². The molecule has 0 unspecified atom stereocenters. The monoisotopic (exact) mass is 204 g/mol. The van der Waals surface area contributed by atoms with Gasteiger partial charge in [0, 0.05) is 0 Å². The summed E-state index contributed by atoms with van der Waals surface area (Å²) in [4.78, 5) is 4.97. The number of nitriles is 1. The molecule has 0 amide bonds. The molecule has 0 bridgehead atoms. The molecule has 0 spiro atoms. The molecular weight excluding hydrogens is 192 g/mol. The second-order valence-electron chi connectivity index (χ2n) is 2.91. The van der Waals surface area contributed by atoms with Crippen LogP contribution in [0.4, 0.5) is 0 Å². The predicted octanol–water partition coefficient (Wildman–Crippen LogP) is 2.11. The molecular formula is C11H12N2O2. The van der Waals surface area contributed by atoms with Crippen LogP contribution in [0.25, 0.3) is 0 Å². The molecule has 0 atom stereocenters. The van der Waals surface area contributed by atoms with Gasteiger partial charge in [0.15, 0.2) is 5.71 Å². The van der Waals surface area contributed by atoms with Crippen LogP contribution in [0.5, 0.6) is 5.75 Å². The first-order valence-electron chi connectivity index (χ1n) is 4.46. The maximum Gasteiger partial charge on any atom is 0.153 e. The molecule has 0 aliphatic carbocycles. The fourth-order valence-corrected chi connectivity index (χ4v) is 0.946. The highest BCUT2D eigenvalue weighted by atomic mass is 16.6. The van der Waals surface area contributed by atoms with E-state index in [-0.39, 0.29) is 0 Å². The molecule has 1 rings (SSSR count). The minimum Gasteiger partial charge on any atom is -0.497 e. The zero-order chi connectivity index (χ0) is 11.1. The van der Waals surface area contributed by atoms with Crippen LogP contribution in [0.3, 0.4) is 0 Å². The van der Waals surface area contributed by atoms with Crippen molar-refractivity contribution in [3.05, 3.63) is 29.8 Å². The number of rotatable bonds is 4. The van der Waals surface area contributed by atoms with Crippen molar-refractivity contribution in [2.75, 3.05) is 7.11 Å². The molecule has 0 aliphatic rings. The fourth-order valence-electron chi connectivity index (χ4n) is 0.946. The van der Waals surface area contributed by atoms with Gasteiger partial charge in [-0.3, -0.25) is 0 Å². The molecule has 0 saturated carbocycles. The lowest BCUT2D eigenvalue weighted by Gasteiger charge is -2.02. The minimum absolute atomic E-state index is 0.309. The predicted molar refractivity (Wildman–Crippen MR) is 56.5 cm³/mol. The van der Waals surface area contributed by atoms with Crippen molar-refractivity contribution in [1.29, 1.82) is 5.26 Å². The van der Waals surface area contributed by atoms with Gasteiger partial charge in [-0.25, -0.2) is 0 Å². The zero-order valence-electron chi connectivity index (χ0n) is 8.73. The van der Waals surface area contributed by atoms with Crippen LogP contribution >= 0.6 is 0 Å². The van der Waals surface area contributed by atoms with Crippen LogP contribution < -0.4 is 4.74 Å². The number of benzene rings is 1. The van der Waals surface area contributed by atoms with Crippen molar-refractivity contribution in [1.82, 2.24) is 0 Å². The van der Waals surface area contributed by atoms with Gasteiger partial charge in [-0.1, -0.05) is 17.3 Å². The first-order chi connectivity index (χ1) is 7.26. The fraction of sp³-hybridized carbons (Fsp3) is 0.273. The van der Waals surface area contributed by atoms with Crippen LogP contribution in [0.2, 0.25) is 0 Å². The van der Waals surface area contributed by atoms with Crippen molar-refractivity contribution >= 4 is 5.71 Å². The van der Waals surface area contributed by atoms with E-state index in [1.807, 2.05) is 30.3 Å². The molecule has 0 saturated heterocycles. The van der Waals surface area contributed by atoms with E-state index in [1.54, 1.807) is 14.0 Å². The highest BCUT2D eigenvalue weighted by Gasteiger charge is 1.94. The van der Waals surface area contributed by atoms with E-state index >= 15 is 0 Å². The third-order valence-corrected chi connectivity index (χ3v) is 1.75. The Kier molecular flexibility index (Phi) is 4.17. The maximum atomic E-state index is 8.42. The number of oxime groups is 1. The summed E-state index contributed by atoms with van der Waals surface area (Å²) in [5, 5.41) is 12.0. The van der Waals surface area contributed by atoms with Crippen LogP contribution in [0.15, 0.2) is 29.4 Å². The van der Waals surface area contributed by atoms with Gasteiger partial charge >= 0.3 is 0 Å². The summed E-state index contributed by atoms with van der Waals surface area (Å²) in [6.07, 6.45) is 0. The Hall–Kier alpha value is -2.02. The summed E-state index contributed by atoms with van der Waals surface area (Å²) >= 11 is 0. The van der Waals surface area contributed by atoms with Gasteiger partial charge in [0.05, 0.1) is 7.11 Å². The van der Waals surface area contributed by atoms with Gasteiger partial charge in [-0.15, -0.1) is 0 Å². The molecule has 4 nitrogen and oxygen atoms in total. The van der Waals surface area contributed by atoms with Crippen molar-refractivity contribution in [3.63, 3.8) is 0 Å². The Morgan fingerprint density at radius 2 is 2.07 bits per heavy atom. The Balaban J connectivity index is 2.49.